The predicted molar refractivity (Wildman–Crippen MR) is 66.9 cm³/mol. The molecule has 17 heavy (non-hydrogen) atoms. The van der Waals surface area contributed by atoms with Gasteiger partial charge in [-0.05, 0) is 24.6 Å². The molecule has 0 atom stereocenters. The lowest BCUT2D eigenvalue weighted by Crippen LogP contribution is -1.95. The number of halogens is 1. The maximum absolute atomic E-state index is 8.87. The zero-order valence-electron chi connectivity index (χ0n) is 9.22. The van der Waals surface area contributed by atoms with Gasteiger partial charge in [-0.3, -0.25) is 0 Å². The van der Waals surface area contributed by atoms with Gasteiger partial charge in [-0.15, -0.1) is 0 Å². The minimum Gasteiger partial charge on any atom is -0.424 e. The topological polar surface area (TPSA) is 55.2 Å². The second-order valence-electron chi connectivity index (χ2n) is 3.54. The summed E-state index contributed by atoms with van der Waals surface area (Å²) in [5.41, 5.74) is 1.66. The van der Waals surface area contributed by atoms with E-state index in [1.165, 1.54) is 12.4 Å². The van der Waals surface area contributed by atoms with Crippen molar-refractivity contribution in [3.8, 4) is 11.8 Å². The lowest BCUT2D eigenvalue weighted by atomic mass is 10.2. The molecule has 0 amide bonds. The minimum absolute atomic E-state index is 0.0732. The molecule has 5 heteroatoms. The van der Waals surface area contributed by atoms with Gasteiger partial charge >= 0.3 is 6.01 Å². The number of aliphatic hydroxyl groups excluding tert-OH is 1. The van der Waals surface area contributed by atoms with Crippen LogP contribution in [0.25, 0.3) is 0 Å². The Balaban J connectivity index is 2.22. The Labute approximate surface area is 107 Å². The standard InChI is InChI=1S/C12H11BrN2O2/c1-8-2-3-10(13)4-11(8)17-12-14-5-9(7-16)6-15-12/h2-6,16H,7H2,1H3. The van der Waals surface area contributed by atoms with E-state index in [0.717, 1.165) is 10.0 Å². The van der Waals surface area contributed by atoms with Gasteiger partial charge in [0.1, 0.15) is 5.75 Å². The number of ether oxygens (including phenoxy) is 1. The fraction of sp³-hybridized carbons (Fsp3) is 0.167. The van der Waals surface area contributed by atoms with Crippen molar-refractivity contribution in [3.05, 3.63) is 46.2 Å². The number of aromatic nitrogens is 2. The van der Waals surface area contributed by atoms with Crippen LogP contribution in [0.2, 0.25) is 0 Å². The second kappa shape index (κ2) is 5.25. The largest absolute Gasteiger partial charge is 0.424 e. The fourth-order valence-corrected chi connectivity index (χ4v) is 1.60. The molecule has 0 aliphatic rings. The third kappa shape index (κ3) is 3.01. The van der Waals surface area contributed by atoms with Gasteiger partial charge in [0, 0.05) is 22.4 Å². The molecule has 0 aliphatic carbocycles. The van der Waals surface area contributed by atoms with Gasteiger partial charge < -0.3 is 9.84 Å². The average Bonchev–Trinajstić information content (AvgIpc) is 2.35. The molecule has 88 valence electrons. The molecule has 0 saturated heterocycles. The lowest BCUT2D eigenvalue weighted by molar-refractivity contribution is 0.280. The molecule has 0 unspecified atom stereocenters. The van der Waals surface area contributed by atoms with E-state index in [1.807, 2.05) is 25.1 Å². The van der Waals surface area contributed by atoms with E-state index in [1.54, 1.807) is 0 Å². The van der Waals surface area contributed by atoms with Crippen molar-refractivity contribution in [3.63, 3.8) is 0 Å². The van der Waals surface area contributed by atoms with Gasteiger partial charge in [0.2, 0.25) is 0 Å². The van der Waals surface area contributed by atoms with Crippen LogP contribution in [-0.2, 0) is 6.61 Å². The van der Waals surface area contributed by atoms with Gasteiger partial charge in [0.15, 0.2) is 0 Å². The van der Waals surface area contributed by atoms with E-state index < -0.39 is 0 Å². The quantitative estimate of drug-likeness (QED) is 0.946. The van der Waals surface area contributed by atoms with Crippen LogP contribution in [0.4, 0.5) is 0 Å². The Hall–Kier alpha value is -1.46. The number of hydrogen-bond acceptors (Lipinski definition) is 4. The van der Waals surface area contributed by atoms with Gasteiger partial charge in [-0.25, -0.2) is 9.97 Å². The fourth-order valence-electron chi connectivity index (χ4n) is 1.26. The highest BCUT2D eigenvalue weighted by Crippen LogP contribution is 2.26. The van der Waals surface area contributed by atoms with Crippen LogP contribution in [0, 0.1) is 6.92 Å². The second-order valence-corrected chi connectivity index (χ2v) is 4.46. The average molecular weight is 295 g/mol. The van der Waals surface area contributed by atoms with Gasteiger partial charge in [-0.2, -0.15) is 0 Å². The number of rotatable bonds is 3. The highest BCUT2D eigenvalue weighted by molar-refractivity contribution is 9.10. The molecule has 4 nitrogen and oxygen atoms in total. The summed E-state index contributed by atoms with van der Waals surface area (Å²) in [6.07, 6.45) is 3.07. The van der Waals surface area contributed by atoms with Crippen LogP contribution in [0.5, 0.6) is 11.8 Å². The number of aliphatic hydroxyl groups is 1. The van der Waals surface area contributed by atoms with E-state index in [0.29, 0.717) is 11.3 Å². The van der Waals surface area contributed by atoms with E-state index in [2.05, 4.69) is 25.9 Å². The highest BCUT2D eigenvalue weighted by atomic mass is 79.9. The van der Waals surface area contributed by atoms with Crippen molar-refractivity contribution in [2.45, 2.75) is 13.5 Å². The Morgan fingerprint density at radius 1 is 1.29 bits per heavy atom. The van der Waals surface area contributed by atoms with Crippen molar-refractivity contribution in [2.75, 3.05) is 0 Å². The third-order valence-electron chi connectivity index (χ3n) is 2.22. The zero-order chi connectivity index (χ0) is 12.3. The van der Waals surface area contributed by atoms with Crippen molar-refractivity contribution in [1.82, 2.24) is 9.97 Å². The Bertz CT molecular complexity index is 514. The van der Waals surface area contributed by atoms with Crippen molar-refractivity contribution < 1.29 is 9.84 Å². The third-order valence-corrected chi connectivity index (χ3v) is 2.71. The molecule has 0 aliphatic heterocycles. The van der Waals surface area contributed by atoms with Crippen LogP contribution in [0.1, 0.15) is 11.1 Å². The van der Waals surface area contributed by atoms with E-state index in [-0.39, 0.29) is 12.6 Å². The number of nitrogens with zero attached hydrogens (tertiary/aromatic N) is 2. The van der Waals surface area contributed by atoms with Crippen LogP contribution in [-0.4, -0.2) is 15.1 Å². The molecule has 0 bridgehead atoms. The molecule has 2 aromatic rings. The van der Waals surface area contributed by atoms with Crippen molar-refractivity contribution >= 4 is 15.9 Å². The monoisotopic (exact) mass is 294 g/mol. The number of aryl methyl sites for hydroxylation is 1. The Morgan fingerprint density at radius 3 is 2.65 bits per heavy atom. The van der Waals surface area contributed by atoms with E-state index >= 15 is 0 Å². The number of benzene rings is 1. The Kier molecular flexibility index (Phi) is 3.71. The zero-order valence-corrected chi connectivity index (χ0v) is 10.8. The summed E-state index contributed by atoms with van der Waals surface area (Å²) in [4.78, 5) is 8.01. The molecule has 1 aromatic carbocycles. The summed E-state index contributed by atoms with van der Waals surface area (Å²) in [6.45, 7) is 1.88. The molecular formula is C12H11BrN2O2. The molecule has 1 N–H and O–H groups in total. The summed E-state index contributed by atoms with van der Waals surface area (Å²) < 4.78 is 6.49. The normalized spacial score (nSPS) is 10.3. The predicted octanol–water partition coefficient (Wildman–Crippen LogP) is 2.83. The first-order valence-corrected chi connectivity index (χ1v) is 5.84. The van der Waals surface area contributed by atoms with Crippen LogP contribution >= 0.6 is 15.9 Å². The summed E-state index contributed by atoms with van der Waals surface area (Å²) in [7, 11) is 0. The first-order valence-electron chi connectivity index (χ1n) is 5.05. The molecule has 1 heterocycles. The SMILES string of the molecule is Cc1ccc(Br)cc1Oc1ncc(CO)cn1. The first-order chi connectivity index (χ1) is 8.19. The summed E-state index contributed by atoms with van der Waals surface area (Å²) in [6, 6.07) is 6.02. The molecular weight excluding hydrogens is 284 g/mol. The highest BCUT2D eigenvalue weighted by Gasteiger charge is 2.04. The van der Waals surface area contributed by atoms with E-state index in [9.17, 15) is 0 Å². The van der Waals surface area contributed by atoms with Crippen molar-refractivity contribution in [2.24, 2.45) is 0 Å². The molecule has 2 rings (SSSR count). The molecule has 0 radical (unpaired) electrons. The van der Waals surface area contributed by atoms with E-state index in [4.69, 9.17) is 9.84 Å². The summed E-state index contributed by atoms with van der Waals surface area (Å²) in [5.74, 6) is 0.705. The van der Waals surface area contributed by atoms with Gasteiger partial charge in [0.05, 0.1) is 6.61 Å². The Morgan fingerprint density at radius 2 is 2.00 bits per heavy atom. The van der Waals surface area contributed by atoms with Gasteiger partial charge in [0.25, 0.3) is 0 Å². The molecule has 0 spiro atoms. The smallest absolute Gasteiger partial charge is 0.321 e. The number of hydrogen-bond donors (Lipinski definition) is 1. The molecule has 0 fully saturated rings. The first kappa shape index (κ1) is 12.0. The molecule has 0 saturated carbocycles. The summed E-state index contributed by atoms with van der Waals surface area (Å²) >= 11 is 3.38. The van der Waals surface area contributed by atoms with Gasteiger partial charge in [-0.1, -0.05) is 22.0 Å². The van der Waals surface area contributed by atoms with Crippen LogP contribution in [0.15, 0.2) is 35.1 Å². The van der Waals surface area contributed by atoms with Crippen LogP contribution in [0.3, 0.4) is 0 Å². The maximum Gasteiger partial charge on any atom is 0.321 e. The minimum atomic E-state index is -0.0732. The summed E-state index contributed by atoms with van der Waals surface area (Å²) in [5, 5.41) is 8.87. The molecule has 1 aromatic heterocycles. The lowest BCUT2D eigenvalue weighted by Gasteiger charge is -2.07. The van der Waals surface area contributed by atoms with Crippen LogP contribution < -0.4 is 4.74 Å². The maximum atomic E-state index is 8.87. The van der Waals surface area contributed by atoms with Crippen molar-refractivity contribution in [1.29, 1.82) is 0 Å².